The molecule has 0 radical (unpaired) electrons. The molecule has 4 aliphatic heterocycles. The molecule has 0 saturated carbocycles. The van der Waals surface area contributed by atoms with E-state index < -0.39 is 0 Å². The van der Waals surface area contributed by atoms with E-state index in [1.54, 1.807) is 19.0 Å². The number of likely N-dealkylation sites (N-methyl/N-ethyl adjacent to an activating group) is 1. The van der Waals surface area contributed by atoms with Crippen molar-refractivity contribution in [1.82, 2.24) is 14.9 Å². The van der Waals surface area contributed by atoms with Crippen LogP contribution in [-0.4, -0.2) is 92.2 Å². The lowest BCUT2D eigenvalue weighted by molar-refractivity contribution is -0.127. The normalized spacial score (nSPS) is 23.4. The van der Waals surface area contributed by atoms with Gasteiger partial charge in [0.2, 0.25) is 5.91 Å². The van der Waals surface area contributed by atoms with Crippen LogP contribution in [-0.2, 0) is 16.1 Å². The number of aromatic nitrogens is 2. The second-order valence-corrected chi connectivity index (χ2v) is 11.2. The van der Waals surface area contributed by atoms with Gasteiger partial charge in [-0.05, 0) is 31.9 Å². The third-order valence-electron chi connectivity index (χ3n) is 8.75. The van der Waals surface area contributed by atoms with Gasteiger partial charge in [-0.2, -0.15) is 0 Å². The molecule has 0 aliphatic carbocycles. The molecule has 2 aromatic rings. The maximum absolute atomic E-state index is 12.5. The molecular formula is C28H35N9O2. The lowest BCUT2D eigenvalue weighted by Gasteiger charge is -2.41. The molecule has 0 unspecified atom stereocenters. The Morgan fingerprint density at radius 1 is 1.23 bits per heavy atom. The number of rotatable bonds is 3. The van der Waals surface area contributed by atoms with Crippen molar-refractivity contribution in [2.75, 3.05) is 68.1 Å². The first kappa shape index (κ1) is 25.5. The van der Waals surface area contributed by atoms with E-state index in [-0.39, 0.29) is 30.0 Å². The van der Waals surface area contributed by atoms with E-state index in [0.29, 0.717) is 25.3 Å². The van der Waals surface area contributed by atoms with Gasteiger partial charge >= 0.3 is 0 Å². The van der Waals surface area contributed by atoms with Crippen molar-refractivity contribution in [1.29, 1.82) is 0 Å². The Morgan fingerprint density at radius 2 is 2.03 bits per heavy atom. The summed E-state index contributed by atoms with van der Waals surface area (Å²) in [6, 6.07) is 5.69. The summed E-state index contributed by atoms with van der Waals surface area (Å²) in [5.41, 5.74) is 10.6. The van der Waals surface area contributed by atoms with Gasteiger partial charge in [0.25, 0.3) is 0 Å². The highest BCUT2D eigenvalue weighted by molar-refractivity contribution is 6.13. The Kier molecular flexibility index (Phi) is 6.40. The van der Waals surface area contributed by atoms with Crippen LogP contribution < -0.4 is 20.4 Å². The number of hydrogen-bond donors (Lipinski definition) is 1. The molecule has 1 amide bonds. The number of anilines is 3. The summed E-state index contributed by atoms with van der Waals surface area (Å²) < 4.78 is 5.88. The van der Waals surface area contributed by atoms with Crippen molar-refractivity contribution in [2.24, 2.45) is 16.1 Å². The fourth-order valence-electron chi connectivity index (χ4n) is 6.17. The summed E-state index contributed by atoms with van der Waals surface area (Å²) >= 11 is 0. The molecule has 4 aliphatic rings. The van der Waals surface area contributed by atoms with Crippen LogP contribution in [0.1, 0.15) is 31.2 Å². The van der Waals surface area contributed by atoms with Crippen molar-refractivity contribution >= 4 is 34.6 Å². The summed E-state index contributed by atoms with van der Waals surface area (Å²) in [6.45, 7) is 14.1. The van der Waals surface area contributed by atoms with Gasteiger partial charge in [0, 0.05) is 51.7 Å². The first-order chi connectivity index (χ1) is 18.8. The highest BCUT2D eigenvalue weighted by atomic mass is 16.5. The summed E-state index contributed by atoms with van der Waals surface area (Å²) in [4.78, 5) is 38.9. The van der Waals surface area contributed by atoms with Crippen molar-refractivity contribution in [3.63, 3.8) is 0 Å². The van der Waals surface area contributed by atoms with Crippen LogP contribution in [0.2, 0.25) is 0 Å². The lowest BCUT2D eigenvalue weighted by atomic mass is 9.73. The van der Waals surface area contributed by atoms with Crippen molar-refractivity contribution in [3.8, 4) is 0 Å². The van der Waals surface area contributed by atoms with E-state index in [4.69, 9.17) is 32.0 Å². The minimum atomic E-state index is 0.0187. The number of carbonyl (C=O) groups is 1. The molecule has 6 rings (SSSR count). The molecule has 1 aromatic heterocycles. The van der Waals surface area contributed by atoms with E-state index in [2.05, 4.69) is 21.6 Å². The molecule has 5 heterocycles. The molecule has 11 nitrogen and oxygen atoms in total. The van der Waals surface area contributed by atoms with Gasteiger partial charge in [0.05, 0.1) is 55.6 Å². The molecule has 39 heavy (non-hydrogen) atoms. The molecule has 2 saturated heterocycles. The van der Waals surface area contributed by atoms with E-state index in [1.807, 2.05) is 29.3 Å². The molecule has 1 aromatic carbocycles. The van der Waals surface area contributed by atoms with Gasteiger partial charge in [-0.25, -0.2) is 14.8 Å². The number of ether oxygens (including phenoxy) is 1. The maximum Gasteiger partial charge on any atom is 0.241 e. The number of amides is 1. The highest BCUT2D eigenvalue weighted by Crippen LogP contribution is 2.42. The molecule has 11 heteroatoms. The van der Waals surface area contributed by atoms with E-state index in [9.17, 15) is 4.79 Å². The quantitative estimate of drug-likeness (QED) is 0.602. The molecule has 2 atom stereocenters. The van der Waals surface area contributed by atoms with E-state index >= 15 is 0 Å². The predicted molar refractivity (Wildman–Crippen MR) is 150 cm³/mol. The molecule has 1 spiro atoms. The Labute approximate surface area is 229 Å². The zero-order valence-corrected chi connectivity index (χ0v) is 22.8. The minimum absolute atomic E-state index is 0.0187. The van der Waals surface area contributed by atoms with Crippen molar-refractivity contribution in [2.45, 2.75) is 38.5 Å². The zero-order valence-electron chi connectivity index (χ0n) is 22.8. The van der Waals surface area contributed by atoms with Gasteiger partial charge in [0.1, 0.15) is 11.5 Å². The van der Waals surface area contributed by atoms with Gasteiger partial charge in [-0.3, -0.25) is 9.79 Å². The van der Waals surface area contributed by atoms with Crippen LogP contribution in [0.25, 0.3) is 4.85 Å². The first-order valence-corrected chi connectivity index (χ1v) is 13.6. The topological polar surface area (TPSA) is 108 Å². The second kappa shape index (κ2) is 9.77. The van der Waals surface area contributed by atoms with Gasteiger partial charge in [0.15, 0.2) is 11.5 Å². The van der Waals surface area contributed by atoms with E-state index in [1.165, 1.54) is 0 Å². The smallest absolute Gasteiger partial charge is 0.241 e. The second-order valence-electron chi connectivity index (χ2n) is 11.2. The van der Waals surface area contributed by atoms with Crippen LogP contribution in [0.4, 0.5) is 22.9 Å². The van der Waals surface area contributed by atoms with Crippen LogP contribution in [0.15, 0.2) is 29.4 Å². The summed E-state index contributed by atoms with van der Waals surface area (Å²) in [5.74, 6) is 1.69. The van der Waals surface area contributed by atoms with Crippen LogP contribution in [0, 0.1) is 12.0 Å². The number of amidine groups is 1. The number of hydrogen-bond acceptors (Lipinski definition) is 9. The maximum atomic E-state index is 12.5. The van der Waals surface area contributed by atoms with Gasteiger partial charge in [-0.15, -0.1) is 0 Å². The number of nitrogens with two attached hydrogens (primary N) is 1. The lowest BCUT2D eigenvalue weighted by Crippen LogP contribution is -2.50. The first-order valence-electron chi connectivity index (χ1n) is 13.6. The summed E-state index contributed by atoms with van der Waals surface area (Å²) in [7, 11) is 3.51. The minimum Gasteiger partial charge on any atom is -0.376 e. The van der Waals surface area contributed by atoms with Gasteiger partial charge < -0.3 is 30.1 Å². The Hall–Kier alpha value is -3.75. The Bertz CT molecular complexity index is 1360. The summed E-state index contributed by atoms with van der Waals surface area (Å²) in [5, 5.41) is 0. The fourth-order valence-corrected chi connectivity index (χ4v) is 6.17. The average Bonchev–Trinajstić information content (AvgIpc) is 3.49. The fraction of sp³-hybridized carbons (Fsp3) is 0.536. The Morgan fingerprint density at radius 3 is 2.72 bits per heavy atom. The SMILES string of the molecule is [C-]#[N+]c1ccc2c(c1)N(CC(=O)N(C)C)CCN2C1=NCc2nc(N3CCC4(CC3)CO[C@@H](C)[C@H]4N)cnc21. The molecule has 0 bridgehead atoms. The molecule has 204 valence electrons. The van der Waals surface area contributed by atoms with Crippen LogP contribution in [0.3, 0.4) is 0 Å². The molecule has 2 fully saturated rings. The number of fused-ring (bicyclic) bond motifs is 2. The predicted octanol–water partition coefficient (Wildman–Crippen LogP) is 2.03. The third kappa shape index (κ3) is 4.37. The average molecular weight is 530 g/mol. The van der Waals surface area contributed by atoms with E-state index in [0.717, 1.165) is 67.0 Å². The standard InChI is InChI=1S/C28H35N9O2/c1-18-26(29)28(17-39-18)7-9-35(10-8-28)23-15-31-25-20(33-23)14-32-27(25)37-12-11-36(16-24(38)34(3)4)22-13-19(30-2)5-6-21(22)37/h5-6,13,15,18,26H,7-12,14,16-17,29H2,1,3-4H3/t18-,26+/m0/s1. The molecule has 2 N–H and O–H groups in total. The molecular weight excluding hydrogens is 494 g/mol. The number of aliphatic imine (C=N–C) groups is 1. The number of nitrogens with zero attached hydrogens (tertiary/aromatic N) is 8. The number of carbonyl (C=O) groups excluding carboxylic acids is 1. The van der Waals surface area contributed by atoms with Crippen molar-refractivity contribution < 1.29 is 9.53 Å². The highest BCUT2D eigenvalue weighted by Gasteiger charge is 2.47. The van der Waals surface area contributed by atoms with Crippen LogP contribution >= 0.6 is 0 Å². The zero-order chi connectivity index (χ0) is 27.3. The monoisotopic (exact) mass is 529 g/mol. The van der Waals surface area contributed by atoms with Crippen molar-refractivity contribution in [3.05, 3.63) is 47.2 Å². The number of piperidine rings is 1. The summed E-state index contributed by atoms with van der Waals surface area (Å²) in [6.07, 6.45) is 3.95. The largest absolute Gasteiger partial charge is 0.376 e. The third-order valence-corrected chi connectivity index (χ3v) is 8.75. The number of benzene rings is 1. The van der Waals surface area contributed by atoms with Gasteiger partial charge in [-0.1, -0.05) is 6.07 Å². The van der Waals surface area contributed by atoms with Crippen LogP contribution in [0.5, 0.6) is 0 Å². The Balaban J connectivity index is 1.22.